The Labute approximate surface area is 82.2 Å². The molecule has 0 aromatic carbocycles. The Hall–Kier alpha value is -0.770. The average Bonchev–Trinajstić information content (AvgIpc) is 2.37. The molecule has 1 atom stereocenters. The van der Waals surface area contributed by atoms with Gasteiger partial charge in [0.25, 0.3) is 5.91 Å². The van der Waals surface area contributed by atoms with Crippen molar-refractivity contribution in [2.75, 3.05) is 6.54 Å². The first-order valence-corrected chi connectivity index (χ1v) is 4.83. The van der Waals surface area contributed by atoms with Crippen molar-refractivity contribution in [1.82, 2.24) is 10.4 Å². The van der Waals surface area contributed by atoms with Gasteiger partial charge in [-0.2, -0.15) is 0 Å². The van der Waals surface area contributed by atoms with E-state index in [2.05, 4.69) is 5.43 Å². The summed E-state index contributed by atoms with van der Waals surface area (Å²) in [6.45, 7) is 2.43. The molecule has 74 valence electrons. The normalized spacial score (nSPS) is 22.2. The van der Waals surface area contributed by atoms with Crippen LogP contribution in [0.3, 0.4) is 0 Å². The minimum atomic E-state index is -0.470. The van der Waals surface area contributed by atoms with Gasteiger partial charge in [0.05, 0.1) is 0 Å². The number of halogens is 1. The molecule has 1 unspecified atom stereocenters. The first-order chi connectivity index (χ1) is 6.15. The molecule has 0 spiro atoms. The summed E-state index contributed by atoms with van der Waals surface area (Å²) in [7, 11) is 0. The second kappa shape index (κ2) is 4.46. The van der Waals surface area contributed by atoms with Crippen molar-refractivity contribution >= 4 is 23.4 Å². The third kappa shape index (κ3) is 2.59. The monoisotopic (exact) mass is 204 g/mol. The molecule has 1 fully saturated rings. The second-order valence-electron chi connectivity index (χ2n) is 3.03. The highest BCUT2D eigenvalue weighted by molar-refractivity contribution is 6.31. The van der Waals surface area contributed by atoms with Crippen molar-refractivity contribution in [3.05, 3.63) is 0 Å². The topological polar surface area (TPSA) is 49.4 Å². The Kier molecular flexibility index (Phi) is 3.54. The molecule has 0 aromatic heterocycles. The van der Waals surface area contributed by atoms with E-state index in [-0.39, 0.29) is 11.8 Å². The van der Waals surface area contributed by atoms with Crippen LogP contribution in [-0.2, 0) is 9.59 Å². The fourth-order valence-corrected chi connectivity index (χ4v) is 1.41. The van der Waals surface area contributed by atoms with Crippen LogP contribution in [0, 0.1) is 0 Å². The summed E-state index contributed by atoms with van der Waals surface area (Å²) in [6, 6.07) is 0. The number of amides is 2. The molecular formula is C8H13ClN2O2. The fourth-order valence-electron chi connectivity index (χ4n) is 1.19. The Balaban J connectivity index is 2.38. The van der Waals surface area contributed by atoms with E-state index in [4.69, 9.17) is 11.6 Å². The summed E-state index contributed by atoms with van der Waals surface area (Å²) in [5.74, 6) is -0.326. The van der Waals surface area contributed by atoms with Crippen LogP contribution in [0.4, 0.5) is 0 Å². The highest BCUT2D eigenvalue weighted by Gasteiger charge is 2.30. The van der Waals surface area contributed by atoms with Crippen LogP contribution in [0.5, 0.6) is 0 Å². The Bertz CT molecular complexity index is 220. The predicted molar refractivity (Wildman–Crippen MR) is 49.0 cm³/mol. The van der Waals surface area contributed by atoms with Gasteiger partial charge >= 0.3 is 0 Å². The lowest BCUT2D eigenvalue weighted by Crippen LogP contribution is -2.43. The number of hydrogen-bond acceptors (Lipinski definition) is 2. The summed E-state index contributed by atoms with van der Waals surface area (Å²) >= 11 is 5.68. The lowest BCUT2D eigenvalue weighted by molar-refractivity contribution is -0.138. The maximum Gasteiger partial charge on any atom is 0.259 e. The molecule has 0 radical (unpaired) electrons. The number of hydrazine groups is 1. The molecule has 0 aliphatic carbocycles. The molecule has 2 amide bonds. The van der Waals surface area contributed by atoms with E-state index in [1.165, 1.54) is 5.01 Å². The van der Waals surface area contributed by atoms with Crippen molar-refractivity contribution in [3.63, 3.8) is 0 Å². The lowest BCUT2D eigenvalue weighted by atomic mass is 10.3. The van der Waals surface area contributed by atoms with Gasteiger partial charge in [-0.25, -0.2) is 0 Å². The van der Waals surface area contributed by atoms with Gasteiger partial charge in [-0.05, 0) is 12.8 Å². The van der Waals surface area contributed by atoms with Crippen LogP contribution < -0.4 is 5.43 Å². The van der Waals surface area contributed by atoms with E-state index in [9.17, 15) is 9.59 Å². The van der Waals surface area contributed by atoms with Gasteiger partial charge in [0.15, 0.2) is 0 Å². The first kappa shape index (κ1) is 10.3. The number of carbonyl (C=O) groups is 2. The van der Waals surface area contributed by atoms with Crippen LogP contribution >= 0.6 is 11.6 Å². The van der Waals surface area contributed by atoms with E-state index in [1.807, 2.05) is 6.92 Å². The van der Waals surface area contributed by atoms with Crippen molar-refractivity contribution in [1.29, 1.82) is 0 Å². The molecule has 1 aliphatic rings. The van der Waals surface area contributed by atoms with Crippen LogP contribution in [0.25, 0.3) is 0 Å². The van der Waals surface area contributed by atoms with Crippen molar-refractivity contribution < 1.29 is 9.59 Å². The van der Waals surface area contributed by atoms with E-state index in [1.54, 1.807) is 0 Å². The largest absolute Gasteiger partial charge is 0.273 e. The molecule has 4 nitrogen and oxygen atoms in total. The number of hydrogen-bond donors (Lipinski definition) is 1. The minimum Gasteiger partial charge on any atom is -0.273 e. The zero-order valence-corrected chi connectivity index (χ0v) is 8.30. The van der Waals surface area contributed by atoms with Gasteiger partial charge in [0, 0.05) is 13.0 Å². The van der Waals surface area contributed by atoms with Crippen LogP contribution in [0.1, 0.15) is 26.2 Å². The smallest absolute Gasteiger partial charge is 0.259 e. The van der Waals surface area contributed by atoms with Gasteiger partial charge < -0.3 is 0 Å². The van der Waals surface area contributed by atoms with E-state index >= 15 is 0 Å². The van der Waals surface area contributed by atoms with Gasteiger partial charge in [0.1, 0.15) is 5.38 Å². The first-order valence-electron chi connectivity index (χ1n) is 4.40. The van der Waals surface area contributed by atoms with Crippen LogP contribution in [0.2, 0.25) is 0 Å². The number of carbonyl (C=O) groups excluding carboxylic acids is 2. The molecule has 1 N–H and O–H groups in total. The van der Waals surface area contributed by atoms with E-state index < -0.39 is 5.38 Å². The summed E-state index contributed by atoms with van der Waals surface area (Å²) in [6.07, 6.45) is 1.82. The predicted octanol–water partition coefficient (Wildman–Crippen LogP) is 0.657. The second-order valence-corrected chi connectivity index (χ2v) is 3.56. The Morgan fingerprint density at radius 3 is 2.92 bits per heavy atom. The lowest BCUT2D eigenvalue weighted by Gasteiger charge is -2.16. The minimum absolute atomic E-state index is 0.124. The molecule has 0 aromatic rings. The van der Waals surface area contributed by atoms with Gasteiger partial charge in [-0.3, -0.25) is 20.0 Å². The third-order valence-corrected chi connectivity index (χ3v) is 2.28. The molecular weight excluding hydrogens is 192 g/mol. The maximum atomic E-state index is 11.2. The summed E-state index contributed by atoms with van der Waals surface area (Å²) in [4.78, 5) is 22.3. The highest BCUT2D eigenvalue weighted by atomic mass is 35.5. The van der Waals surface area contributed by atoms with E-state index in [0.717, 1.165) is 6.42 Å². The molecule has 1 aliphatic heterocycles. The third-order valence-electron chi connectivity index (χ3n) is 1.88. The van der Waals surface area contributed by atoms with Crippen LogP contribution in [-0.4, -0.2) is 28.7 Å². The van der Waals surface area contributed by atoms with Crippen molar-refractivity contribution in [2.45, 2.75) is 31.6 Å². The Morgan fingerprint density at radius 2 is 2.46 bits per heavy atom. The number of nitrogens with one attached hydrogen (secondary N) is 1. The maximum absolute atomic E-state index is 11.2. The highest BCUT2D eigenvalue weighted by Crippen LogP contribution is 2.14. The van der Waals surface area contributed by atoms with Crippen molar-refractivity contribution in [2.24, 2.45) is 0 Å². The summed E-state index contributed by atoms with van der Waals surface area (Å²) in [5, 5.41) is 0.831. The van der Waals surface area contributed by atoms with Crippen molar-refractivity contribution in [3.8, 4) is 0 Å². The van der Waals surface area contributed by atoms with Gasteiger partial charge in [0.2, 0.25) is 5.91 Å². The number of nitrogens with zero attached hydrogens (tertiary/aromatic N) is 1. The molecule has 1 heterocycles. The zero-order valence-electron chi connectivity index (χ0n) is 7.55. The number of rotatable bonds is 3. The van der Waals surface area contributed by atoms with E-state index in [0.29, 0.717) is 19.4 Å². The quantitative estimate of drug-likeness (QED) is 0.687. The SMILES string of the molecule is CCCC(=O)NN1CCC(Cl)C1=O. The molecule has 1 saturated heterocycles. The van der Waals surface area contributed by atoms with Gasteiger partial charge in [-0.15, -0.1) is 11.6 Å². The average molecular weight is 205 g/mol. The number of alkyl halides is 1. The standard InChI is InChI=1S/C8H13ClN2O2/c1-2-3-7(12)10-11-5-4-6(9)8(11)13/h6H,2-5H2,1H3,(H,10,12). The Morgan fingerprint density at radius 1 is 1.77 bits per heavy atom. The molecule has 0 bridgehead atoms. The molecule has 13 heavy (non-hydrogen) atoms. The zero-order chi connectivity index (χ0) is 9.84. The molecule has 0 saturated carbocycles. The molecule has 5 heteroatoms. The summed E-state index contributed by atoms with van der Waals surface area (Å²) in [5.41, 5.74) is 2.52. The van der Waals surface area contributed by atoms with Crippen LogP contribution in [0.15, 0.2) is 0 Å². The fraction of sp³-hybridized carbons (Fsp3) is 0.750. The van der Waals surface area contributed by atoms with Gasteiger partial charge in [-0.1, -0.05) is 6.92 Å². The summed E-state index contributed by atoms with van der Waals surface area (Å²) < 4.78 is 0. The molecule has 1 rings (SSSR count).